The second kappa shape index (κ2) is 5.93. The molecule has 3 aromatic rings. The van der Waals surface area contributed by atoms with Crippen molar-refractivity contribution in [2.45, 2.75) is 6.54 Å². The zero-order valence-electron chi connectivity index (χ0n) is 10.9. The molecule has 0 saturated heterocycles. The normalized spacial score (nSPS) is 10.6. The summed E-state index contributed by atoms with van der Waals surface area (Å²) in [4.78, 5) is 4.17. The maximum atomic E-state index is 13.6. The lowest BCUT2D eigenvalue weighted by molar-refractivity contribution is 0.384. The van der Waals surface area contributed by atoms with E-state index in [9.17, 15) is 4.39 Å². The summed E-state index contributed by atoms with van der Waals surface area (Å²) in [6.07, 6.45) is 0. The van der Waals surface area contributed by atoms with Crippen molar-refractivity contribution in [1.82, 2.24) is 10.1 Å². The number of hydrogen-bond acceptors (Lipinski definition) is 4. The van der Waals surface area contributed by atoms with Crippen LogP contribution in [0.3, 0.4) is 0 Å². The predicted octanol–water partition coefficient (Wildman–Crippen LogP) is 4.14. The van der Waals surface area contributed by atoms with Gasteiger partial charge in [0.05, 0.1) is 12.1 Å². The Hall–Kier alpha value is -2.40. The molecule has 0 unspecified atom stereocenters. The van der Waals surface area contributed by atoms with Crippen LogP contribution < -0.4 is 5.32 Å². The summed E-state index contributed by atoms with van der Waals surface area (Å²) >= 11 is 5.81. The first-order chi connectivity index (χ1) is 10.2. The quantitative estimate of drug-likeness (QED) is 0.787. The van der Waals surface area contributed by atoms with Gasteiger partial charge in [-0.25, -0.2) is 4.39 Å². The van der Waals surface area contributed by atoms with Crippen LogP contribution >= 0.6 is 11.6 Å². The van der Waals surface area contributed by atoms with Gasteiger partial charge in [0.15, 0.2) is 0 Å². The number of rotatable bonds is 4. The number of halogens is 2. The number of hydrogen-bond donors (Lipinski definition) is 1. The molecule has 0 amide bonds. The molecule has 0 atom stereocenters. The Labute approximate surface area is 125 Å². The fraction of sp³-hybridized carbons (Fsp3) is 0.0667. The molecule has 0 radical (unpaired) electrons. The van der Waals surface area contributed by atoms with Crippen molar-refractivity contribution in [3.05, 3.63) is 65.3 Å². The standard InChI is InChI=1S/C15H11ClFN3O/c16-10-5-7-11(8-6-10)18-9-14-19-15(20-21-14)12-3-1-2-4-13(12)17/h1-8,18H,9H2. The third-order valence-corrected chi connectivity index (χ3v) is 3.12. The van der Waals surface area contributed by atoms with Crippen LogP contribution in [0.15, 0.2) is 53.1 Å². The summed E-state index contributed by atoms with van der Waals surface area (Å²) in [6, 6.07) is 13.5. The first kappa shape index (κ1) is 13.6. The molecule has 6 heteroatoms. The highest BCUT2D eigenvalue weighted by atomic mass is 35.5. The molecule has 3 rings (SSSR count). The average Bonchev–Trinajstić information content (AvgIpc) is 2.96. The molecule has 1 N–H and O–H groups in total. The highest BCUT2D eigenvalue weighted by molar-refractivity contribution is 6.30. The lowest BCUT2D eigenvalue weighted by Gasteiger charge is -2.02. The van der Waals surface area contributed by atoms with E-state index in [4.69, 9.17) is 16.1 Å². The van der Waals surface area contributed by atoms with Gasteiger partial charge in [-0.1, -0.05) is 28.9 Å². The van der Waals surface area contributed by atoms with Crippen molar-refractivity contribution in [2.24, 2.45) is 0 Å². The monoisotopic (exact) mass is 303 g/mol. The van der Waals surface area contributed by atoms with Crippen LogP contribution in [0.5, 0.6) is 0 Å². The molecule has 0 spiro atoms. The van der Waals surface area contributed by atoms with Gasteiger partial charge in [-0.15, -0.1) is 0 Å². The Morgan fingerprint density at radius 2 is 1.86 bits per heavy atom. The Kier molecular flexibility index (Phi) is 3.83. The average molecular weight is 304 g/mol. The fourth-order valence-electron chi connectivity index (χ4n) is 1.82. The van der Waals surface area contributed by atoms with Gasteiger partial charge in [0.2, 0.25) is 11.7 Å². The molecular weight excluding hydrogens is 293 g/mol. The molecule has 0 fully saturated rings. The van der Waals surface area contributed by atoms with E-state index >= 15 is 0 Å². The van der Waals surface area contributed by atoms with E-state index in [-0.39, 0.29) is 11.6 Å². The van der Waals surface area contributed by atoms with Gasteiger partial charge in [0, 0.05) is 10.7 Å². The van der Waals surface area contributed by atoms with E-state index in [0.29, 0.717) is 23.0 Å². The molecule has 0 aliphatic rings. The number of aromatic nitrogens is 2. The summed E-state index contributed by atoms with van der Waals surface area (Å²) in [5.74, 6) is 0.236. The largest absolute Gasteiger partial charge is 0.376 e. The van der Waals surface area contributed by atoms with Gasteiger partial charge in [0.25, 0.3) is 0 Å². The Balaban J connectivity index is 1.71. The van der Waals surface area contributed by atoms with Crippen LogP contribution in [0.2, 0.25) is 5.02 Å². The van der Waals surface area contributed by atoms with E-state index in [1.165, 1.54) is 6.07 Å². The third-order valence-electron chi connectivity index (χ3n) is 2.87. The van der Waals surface area contributed by atoms with Crippen molar-refractivity contribution < 1.29 is 8.91 Å². The molecule has 1 heterocycles. The fourth-order valence-corrected chi connectivity index (χ4v) is 1.95. The molecule has 0 saturated carbocycles. The van der Waals surface area contributed by atoms with Crippen LogP contribution in [0.4, 0.5) is 10.1 Å². The van der Waals surface area contributed by atoms with Gasteiger partial charge >= 0.3 is 0 Å². The third kappa shape index (κ3) is 3.20. The van der Waals surface area contributed by atoms with Crippen LogP contribution in [0, 0.1) is 5.82 Å². The summed E-state index contributed by atoms with van der Waals surface area (Å²) in [6.45, 7) is 0.350. The summed E-state index contributed by atoms with van der Waals surface area (Å²) in [5.41, 5.74) is 1.20. The van der Waals surface area contributed by atoms with Crippen molar-refractivity contribution in [2.75, 3.05) is 5.32 Å². The molecule has 0 bridgehead atoms. The highest BCUT2D eigenvalue weighted by Gasteiger charge is 2.11. The number of anilines is 1. The second-order valence-electron chi connectivity index (χ2n) is 4.35. The number of benzene rings is 2. The first-order valence-corrected chi connectivity index (χ1v) is 6.67. The van der Waals surface area contributed by atoms with Gasteiger partial charge in [-0.2, -0.15) is 4.98 Å². The van der Waals surface area contributed by atoms with Gasteiger partial charge in [-0.3, -0.25) is 0 Å². The molecular formula is C15H11ClFN3O. The van der Waals surface area contributed by atoms with E-state index in [1.807, 2.05) is 12.1 Å². The highest BCUT2D eigenvalue weighted by Crippen LogP contribution is 2.20. The van der Waals surface area contributed by atoms with Crippen molar-refractivity contribution in [1.29, 1.82) is 0 Å². The Morgan fingerprint density at radius 3 is 2.62 bits per heavy atom. The van der Waals surface area contributed by atoms with Crippen LogP contribution in [-0.2, 0) is 6.54 Å². The maximum Gasteiger partial charge on any atom is 0.246 e. The zero-order chi connectivity index (χ0) is 14.7. The minimum absolute atomic E-state index is 0.237. The smallest absolute Gasteiger partial charge is 0.246 e. The summed E-state index contributed by atoms with van der Waals surface area (Å²) in [7, 11) is 0. The lowest BCUT2D eigenvalue weighted by Crippen LogP contribution is -1.99. The molecule has 0 aliphatic heterocycles. The second-order valence-corrected chi connectivity index (χ2v) is 4.79. The van der Waals surface area contributed by atoms with Gasteiger partial charge in [0.1, 0.15) is 5.82 Å². The maximum absolute atomic E-state index is 13.6. The SMILES string of the molecule is Fc1ccccc1-c1noc(CNc2ccc(Cl)cc2)n1. The molecule has 4 nitrogen and oxygen atoms in total. The molecule has 1 aromatic heterocycles. The zero-order valence-corrected chi connectivity index (χ0v) is 11.6. The molecule has 0 aliphatic carbocycles. The minimum Gasteiger partial charge on any atom is -0.376 e. The summed E-state index contributed by atoms with van der Waals surface area (Å²) < 4.78 is 18.7. The topological polar surface area (TPSA) is 51.0 Å². The van der Waals surface area contributed by atoms with Crippen LogP contribution in [0.1, 0.15) is 5.89 Å². The van der Waals surface area contributed by atoms with Crippen LogP contribution in [0.25, 0.3) is 11.4 Å². The molecule has 21 heavy (non-hydrogen) atoms. The number of nitrogens with one attached hydrogen (secondary N) is 1. The predicted molar refractivity (Wildman–Crippen MR) is 78.5 cm³/mol. The van der Waals surface area contributed by atoms with Crippen molar-refractivity contribution >= 4 is 17.3 Å². The van der Waals surface area contributed by atoms with Crippen molar-refractivity contribution in [3.63, 3.8) is 0 Å². The van der Waals surface area contributed by atoms with Gasteiger partial charge < -0.3 is 9.84 Å². The van der Waals surface area contributed by atoms with E-state index < -0.39 is 0 Å². The Morgan fingerprint density at radius 1 is 1.10 bits per heavy atom. The van der Waals surface area contributed by atoms with Gasteiger partial charge in [-0.05, 0) is 36.4 Å². The van der Waals surface area contributed by atoms with Crippen LogP contribution in [-0.4, -0.2) is 10.1 Å². The van der Waals surface area contributed by atoms with E-state index in [1.54, 1.807) is 30.3 Å². The minimum atomic E-state index is -0.379. The molecule has 106 valence electrons. The van der Waals surface area contributed by atoms with E-state index in [2.05, 4.69) is 15.5 Å². The van der Waals surface area contributed by atoms with Crippen molar-refractivity contribution in [3.8, 4) is 11.4 Å². The summed E-state index contributed by atoms with van der Waals surface area (Å²) in [5, 5.41) is 7.57. The van der Waals surface area contributed by atoms with E-state index in [0.717, 1.165) is 5.69 Å². The Bertz CT molecular complexity index is 743. The lowest BCUT2D eigenvalue weighted by atomic mass is 10.2. The first-order valence-electron chi connectivity index (χ1n) is 6.29. The number of nitrogens with zero attached hydrogens (tertiary/aromatic N) is 2. The molecule has 2 aromatic carbocycles.